The van der Waals surface area contributed by atoms with Crippen molar-refractivity contribution in [2.24, 2.45) is 0 Å². The number of hydrogen-bond acceptors (Lipinski definition) is 5. The lowest BCUT2D eigenvalue weighted by atomic mass is 10.1. The van der Waals surface area contributed by atoms with Crippen molar-refractivity contribution < 1.29 is 0 Å². The molecule has 1 aromatic carbocycles. The molecule has 5 nitrogen and oxygen atoms in total. The minimum absolute atomic E-state index is 0.627. The van der Waals surface area contributed by atoms with Crippen LogP contribution in [0.15, 0.2) is 36.7 Å². The molecule has 0 atom stereocenters. The first-order chi connectivity index (χ1) is 12.4. The predicted molar refractivity (Wildman–Crippen MR) is 99.0 cm³/mol. The average molecular weight is 351 g/mol. The molecule has 0 spiro atoms. The van der Waals surface area contributed by atoms with E-state index in [0.29, 0.717) is 5.92 Å². The van der Waals surface area contributed by atoms with E-state index >= 15 is 0 Å². The second-order valence-electron chi connectivity index (χ2n) is 6.95. The van der Waals surface area contributed by atoms with Gasteiger partial charge in [-0.1, -0.05) is 30.3 Å². The van der Waals surface area contributed by atoms with Gasteiger partial charge in [0, 0.05) is 42.7 Å². The minimum atomic E-state index is 0.627. The summed E-state index contributed by atoms with van der Waals surface area (Å²) in [5, 5.41) is 1.06. The molecule has 3 aromatic rings. The van der Waals surface area contributed by atoms with Crippen molar-refractivity contribution in [1.29, 1.82) is 0 Å². The van der Waals surface area contributed by atoms with Gasteiger partial charge in [0.2, 0.25) is 5.13 Å². The molecule has 2 aliphatic rings. The molecule has 0 unspecified atom stereocenters. The number of benzene rings is 1. The number of rotatable bonds is 5. The van der Waals surface area contributed by atoms with E-state index < -0.39 is 0 Å². The summed E-state index contributed by atoms with van der Waals surface area (Å²) < 4.78 is 6.87. The third-order valence-corrected chi connectivity index (χ3v) is 5.91. The number of aromatic nitrogens is 4. The highest BCUT2D eigenvalue weighted by Crippen LogP contribution is 2.40. The maximum atomic E-state index is 4.75. The highest BCUT2D eigenvalue weighted by atomic mass is 32.1. The van der Waals surface area contributed by atoms with Gasteiger partial charge in [-0.2, -0.15) is 4.37 Å². The zero-order valence-electron chi connectivity index (χ0n) is 14.1. The molecule has 0 saturated heterocycles. The van der Waals surface area contributed by atoms with E-state index in [0.717, 1.165) is 43.4 Å². The lowest BCUT2D eigenvalue weighted by Gasteiger charge is -2.26. The first-order valence-corrected chi connectivity index (χ1v) is 9.79. The van der Waals surface area contributed by atoms with E-state index in [4.69, 9.17) is 4.98 Å². The third-order valence-electron chi connectivity index (χ3n) is 5.12. The molecule has 6 heteroatoms. The third kappa shape index (κ3) is 3.06. The van der Waals surface area contributed by atoms with Crippen molar-refractivity contribution in [2.45, 2.75) is 44.7 Å². The Morgan fingerprint density at radius 3 is 2.88 bits per heavy atom. The Hall–Kier alpha value is -2.21. The van der Waals surface area contributed by atoms with Crippen LogP contribution < -0.4 is 4.90 Å². The van der Waals surface area contributed by atoms with Crippen LogP contribution in [0.25, 0.3) is 0 Å². The Balaban J connectivity index is 1.28. The molecule has 2 aromatic heterocycles. The molecular weight excluding hydrogens is 330 g/mol. The number of anilines is 1. The van der Waals surface area contributed by atoms with Crippen molar-refractivity contribution >= 4 is 16.7 Å². The van der Waals surface area contributed by atoms with Gasteiger partial charge in [0.25, 0.3) is 0 Å². The standard InChI is InChI=1S/C19H21N5S/c1-2-4-14(5-3-1)8-10-24-13-20-16-12-23(11-9-17(16)24)19-21-18(22-25-19)15-6-7-15/h1-5,13,15H,6-12H2. The smallest absolute Gasteiger partial charge is 0.205 e. The summed E-state index contributed by atoms with van der Waals surface area (Å²) >= 11 is 1.54. The Labute approximate surface area is 151 Å². The molecule has 128 valence electrons. The molecule has 1 aliphatic heterocycles. The lowest BCUT2D eigenvalue weighted by molar-refractivity contribution is 0.624. The van der Waals surface area contributed by atoms with Crippen LogP contribution in [-0.2, 0) is 25.9 Å². The molecule has 0 amide bonds. The quantitative estimate of drug-likeness (QED) is 0.707. The second kappa shape index (κ2) is 6.26. The monoisotopic (exact) mass is 351 g/mol. The van der Waals surface area contributed by atoms with E-state index in [1.54, 1.807) is 11.5 Å². The average Bonchev–Trinajstić information content (AvgIpc) is 3.25. The van der Waals surface area contributed by atoms with E-state index in [-0.39, 0.29) is 0 Å². The largest absolute Gasteiger partial charge is 0.340 e. The maximum absolute atomic E-state index is 4.75. The van der Waals surface area contributed by atoms with Gasteiger partial charge in [-0.05, 0) is 24.8 Å². The van der Waals surface area contributed by atoms with Gasteiger partial charge in [-0.15, -0.1) is 0 Å². The summed E-state index contributed by atoms with van der Waals surface area (Å²) in [7, 11) is 0. The summed E-state index contributed by atoms with van der Waals surface area (Å²) in [6, 6.07) is 10.7. The Kier molecular flexibility index (Phi) is 3.77. The van der Waals surface area contributed by atoms with Crippen molar-refractivity contribution in [3.63, 3.8) is 0 Å². The first kappa shape index (κ1) is 15.1. The van der Waals surface area contributed by atoms with Crippen molar-refractivity contribution in [3.05, 3.63) is 59.4 Å². The maximum Gasteiger partial charge on any atom is 0.205 e. The Morgan fingerprint density at radius 2 is 2.04 bits per heavy atom. The van der Waals surface area contributed by atoms with Gasteiger partial charge >= 0.3 is 0 Å². The molecule has 1 fully saturated rings. The normalized spacial score (nSPS) is 16.9. The Morgan fingerprint density at radius 1 is 1.16 bits per heavy atom. The number of imidazole rings is 1. The molecule has 0 radical (unpaired) electrons. The SMILES string of the molecule is c1ccc(CCn2cnc3c2CCN(c2nc(C4CC4)ns2)C3)cc1. The molecule has 0 N–H and O–H groups in total. The summed E-state index contributed by atoms with van der Waals surface area (Å²) in [6.07, 6.45) is 6.60. The number of nitrogens with zero attached hydrogens (tertiary/aromatic N) is 5. The summed E-state index contributed by atoms with van der Waals surface area (Å²) in [5.41, 5.74) is 3.96. The first-order valence-electron chi connectivity index (χ1n) is 9.02. The molecule has 1 saturated carbocycles. The van der Waals surface area contributed by atoms with E-state index in [2.05, 4.69) is 49.2 Å². The van der Waals surface area contributed by atoms with Gasteiger partial charge in [0.1, 0.15) is 5.82 Å². The van der Waals surface area contributed by atoms with Crippen LogP contribution in [0, 0.1) is 0 Å². The summed E-state index contributed by atoms with van der Waals surface area (Å²) in [5.74, 6) is 1.68. The minimum Gasteiger partial charge on any atom is -0.340 e. The lowest BCUT2D eigenvalue weighted by Crippen LogP contribution is -2.31. The predicted octanol–water partition coefficient (Wildman–Crippen LogP) is 3.42. The van der Waals surface area contributed by atoms with Crippen LogP contribution in [0.1, 0.15) is 41.5 Å². The van der Waals surface area contributed by atoms with Crippen LogP contribution >= 0.6 is 11.5 Å². The zero-order chi connectivity index (χ0) is 16.6. The summed E-state index contributed by atoms with van der Waals surface area (Å²) in [4.78, 5) is 11.8. The van der Waals surface area contributed by atoms with E-state index in [9.17, 15) is 0 Å². The molecular formula is C19H21N5S. The fourth-order valence-corrected chi connectivity index (χ4v) is 4.25. The number of fused-ring (bicyclic) bond motifs is 1. The number of hydrogen-bond donors (Lipinski definition) is 0. The van der Waals surface area contributed by atoms with Crippen LogP contribution in [-0.4, -0.2) is 25.5 Å². The summed E-state index contributed by atoms with van der Waals surface area (Å²) in [6.45, 7) is 2.85. The number of aryl methyl sites for hydroxylation is 2. The molecule has 3 heterocycles. The van der Waals surface area contributed by atoms with Crippen molar-refractivity contribution in [1.82, 2.24) is 18.9 Å². The van der Waals surface area contributed by atoms with Crippen LogP contribution in [0.4, 0.5) is 5.13 Å². The molecule has 25 heavy (non-hydrogen) atoms. The molecule has 5 rings (SSSR count). The fraction of sp³-hybridized carbons (Fsp3) is 0.421. The highest BCUT2D eigenvalue weighted by Gasteiger charge is 2.29. The highest BCUT2D eigenvalue weighted by molar-refractivity contribution is 7.09. The van der Waals surface area contributed by atoms with E-state index in [1.165, 1.54) is 29.8 Å². The van der Waals surface area contributed by atoms with Gasteiger partial charge in [0.15, 0.2) is 0 Å². The fourth-order valence-electron chi connectivity index (χ4n) is 3.48. The van der Waals surface area contributed by atoms with E-state index in [1.807, 2.05) is 6.33 Å². The van der Waals surface area contributed by atoms with Crippen molar-refractivity contribution in [3.8, 4) is 0 Å². The van der Waals surface area contributed by atoms with Crippen LogP contribution in [0.3, 0.4) is 0 Å². The molecule has 1 aliphatic carbocycles. The van der Waals surface area contributed by atoms with Gasteiger partial charge in [-0.3, -0.25) is 0 Å². The zero-order valence-corrected chi connectivity index (χ0v) is 15.0. The van der Waals surface area contributed by atoms with Gasteiger partial charge in [-0.25, -0.2) is 9.97 Å². The topological polar surface area (TPSA) is 46.8 Å². The Bertz CT molecular complexity index is 865. The molecule has 0 bridgehead atoms. The van der Waals surface area contributed by atoms with Crippen LogP contribution in [0.2, 0.25) is 0 Å². The van der Waals surface area contributed by atoms with Crippen molar-refractivity contribution in [2.75, 3.05) is 11.4 Å². The van der Waals surface area contributed by atoms with Gasteiger partial charge < -0.3 is 9.47 Å². The van der Waals surface area contributed by atoms with Crippen LogP contribution in [0.5, 0.6) is 0 Å². The second-order valence-corrected chi connectivity index (χ2v) is 7.68. The van der Waals surface area contributed by atoms with Gasteiger partial charge in [0.05, 0.1) is 18.6 Å².